The van der Waals surface area contributed by atoms with Crippen LogP contribution in [0.5, 0.6) is 5.75 Å². The molecule has 0 aliphatic heterocycles. The van der Waals surface area contributed by atoms with Crippen LogP contribution in [0, 0.1) is 5.92 Å². The molecular formula is C12H12O3. The normalized spacial score (nSPS) is 31.6. The van der Waals surface area contributed by atoms with Crippen LogP contribution in [0.4, 0.5) is 0 Å². The molecule has 0 aromatic heterocycles. The van der Waals surface area contributed by atoms with Crippen molar-refractivity contribution in [3.8, 4) is 5.75 Å². The molecule has 15 heavy (non-hydrogen) atoms. The molecule has 2 N–H and O–H groups in total. The second kappa shape index (κ2) is 2.54. The van der Waals surface area contributed by atoms with Crippen LogP contribution < -0.4 is 0 Å². The number of carboxylic acid groups (broad SMARTS) is 1. The number of fused-ring (bicyclic) bond motifs is 2. The summed E-state index contributed by atoms with van der Waals surface area (Å²) in [5.74, 6) is -0.696. The van der Waals surface area contributed by atoms with Gasteiger partial charge in [-0.2, -0.15) is 0 Å². The first-order chi connectivity index (χ1) is 7.13. The maximum Gasteiger partial charge on any atom is 0.307 e. The number of aromatic hydroxyl groups is 1. The van der Waals surface area contributed by atoms with Gasteiger partial charge in [-0.25, -0.2) is 0 Å². The number of phenolic OH excluding ortho intramolecular Hbond substituents is 1. The van der Waals surface area contributed by atoms with E-state index in [4.69, 9.17) is 5.11 Å². The van der Waals surface area contributed by atoms with Gasteiger partial charge < -0.3 is 10.2 Å². The number of phenols is 1. The van der Waals surface area contributed by atoms with Crippen molar-refractivity contribution >= 4 is 5.97 Å². The van der Waals surface area contributed by atoms with E-state index in [2.05, 4.69) is 0 Å². The topological polar surface area (TPSA) is 57.5 Å². The minimum absolute atomic E-state index is 0.153. The molecule has 0 bridgehead atoms. The van der Waals surface area contributed by atoms with Crippen LogP contribution >= 0.6 is 0 Å². The van der Waals surface area contributed by atoms with Crippen molar-refractivity contribution in [1.82, 2.24) is 0 Å². The summed E-state index contributed by atoms with van der Waals surface area (Å²) in [6.45, 7) is 0. The van der Waals surface area contributed by atoms with E-state index in [1.165, 1.54) is 5.56 Å². The molecule has 1 spiro atoms. The van der Waals surface area contributed by atoms with Gasteiger partial charge in [0.05, 0.1) is 5.92 Å². The van der Waals surface area contributed by atoms with E-state index < -0.39 is 5.97 Å². The summed E-state index contributed by atoms with van der Waals surface area (Å²) in [7, 11) is 0. The van der Waals surface area contributed by atoms with Crippen molar-refractivity contribution in [3.05, 3.63) is 29.3 Å². The number of rotatable bonds is 1. The fourth-order valence-electron chi connectivity index (χ4n) is 2.94. The molecule has 1 aromatic rings. The monoisotopic (exact) mass is 204 g/mol. The van der Waals surface area contributed by atoms with Crippen molar-refractivity contribution < 1.29 is 15.0 Å². The smallest absolute Gasteiger partial charge is 0.307 e. The quantitative estimate of drug-likeness (QED) is 0.731. The van der Waals surface area contributed by atoms with Crippen molar-refractivity contribution in [2.24, 2.45) is 5.92 Å². The van der Waals surface area contributed by atoms with Crippen LogP contribution in [0.25, 0.3) is 0 Å². The Labute approximate surface area is 87.4 Å². The van der Waals surface area contributed by atoms with Gasteiger partial charge in [-0.3, -0.25) is 4.79 Å². The third kappa shape index (κ3) is 1.03. The number of carboxylic acids is 1. The molecule has 2 aliphatic carbocycles. The first-order valence-corrected chi connectivity index (χ1v) is 5.19. The molecule has 0 saturated heterocycles. The molecule has 78 valence electrons. The highest BCUT2D eigenvalue weighted by atomic mass is 16.4. The van der Waals surface area contributed by atoms with Gasteiger partial charge in [-0.05, 0) is 42.5 Å². The van der Waals surface area contributed by atoms with Crippen LogP contribution in [0.15, 0.2) is 18.2 Å². The minimum atomic E-state index is -0.703. The molecule has 0 radical (unpaired) electrons. The summed E-state index contributed by atoms with van der Waals surface area (Å²) in [6.07, 6.45) is 2.60. The van der Waals surface area contributed by atoms with Crippen molar-refractivity contribution in [3.63, 3.8) is 0 Å². The maximum atomic E-state index is 11.0. The van der Waals surface area contributed by atoms with Gasteiger partial charge in [-0.1, -0.05) is 6.07 Å². The summed E-state index contributed by atoms with van der Waals surface area (Å²) in [4.78, 5) is 11.0. The first-order valence-electron chi connectivity index (χ1n) is 5.19. The number of hydrogen-bond acceptors (Lipinski definition) is 2. The highest BCUT2D eigenvalue weighted by molar-refractivity contribution is 5.78. The Hall–Kier alpha value is -1.51. The highest BCUT2D eigenvalue weighted by Gasteiger charge is 2.61. The van der Waals surface area contributed by atoms with E-state index in [9.17, 15) is 9.90 Å². The summed E-state index contributed by atoms with van der Waals surface area (Å²) >= 11 is 0. The highest BCUT2D eigenvalue weighted by Crippen LogP contribution is 2.61. The summed E-state index contributed by atoms with van der Waals surface area (Å²) in [5, 5.41) is 18.4. The largest absolute Gasteiger partial charge is 0.508 e. The predicted molar refractivity (Wildman–Crippen MR) is 53.8 cm³/mol. The van der Waals surface area contributed by atoms with Gasteiger partial charge in [0.25, 0.3) is 0 Å². The molecule has 0 amide bonds. The molecule has 2 unspecified atom stereocenters. The molecule has 3 heteroatoms. The Balaban J connectivity index is 2.06. The van der Waals surface area contributed by atoms with Crippen LogP contribution in [0.2, 0.25) is 0 Å². The molecule has 2 atom stereocenters. The van der Waals surface area contributed by atoms with Crippen LogP contribution in [-0.4, -0.2) is 16.2 Å². The van der Waals surface area contributed by atoms with Crippen LogP contribution in [0.1, 0.15) is 24.0 Å². The van der Waals surface area contributed by atoms with E-state index in [0.717, 1.165) is 24.8 Å². The number of benzene rings is 1. The zero-order valence-corrected chi connectivity index (χ0v) is 8.23. The van der Waals surface area contributed by atoms with Crippen molar-refractivity contribution in [1.29, 1.82) is 0 Å². The van der Waals surface area contributed by atoms with E-state index in [1.807, 2.05) is 6.07 Å². The molecular weight excluding hydrogens is 192 g/mol. The Morgan fingerprint density at radius 2 is 2.27 bits per heavy atom. The van der Waals surface area contributed by atoms with Gasteiger partial charge in [0, 0.05) is 5.41 Å². The third-order valence-corrected chi connectivity index (χ3v) is 3.84. The van der Waals surface area contributed by atoms with Gasteiger partial charge in [0.15, 0.2) is 0 Å². The lowest BCUT2D eigenvalue weighted by molar-refractivity contribution is -0.139. The van der Waals surface area contributed by atoms with Gasteiger partial charge in [0.1, 0.15) is 5.75 Å². The number of carbonyl (C=O) groups is 1. The van der Waals surface area contributed by atoms with E-state index >= 15 is 0 Å². The second-order valence-electron chi connectivity index (χ2n) is 4.59. The fourth-order valence-corrected chi connectivity index (χ4v) is 2.94. The van der Waals surface area contributed by atoms with Gasteiger partial charge >= 0.3 is 5.97 Å². The lowest BCUT2D eigenvalue weighted by Crippen LogP contribution is -2.11. The summed E-state index contributed by atoms with van der Waals surface area (Å²) in [5.41, 5.74) is 2.12. The SMILES string of the molecule is O=C(O)C1CC12CCc1ccc(O)cc12. The summed E-state index contributed by atoms with van der Waals surface area (Å²) in [6, 6.07) is 5.33. The summed E-state index contributed by atoms with van der Waals surface area (Å²) < 4.78 is 0. The van der Waals surface area contributed by atoms with E-state index in [1.54, 1.807) is 12.1 Å². The van der Waals surface area contributed by atoms with Crippen LogP contribution in [-0.2, 0) is 16.6 Å². The predicted octanol–water partition coefficient (Wildman–Crippen LogP) is 1.68. The molecule has 0 heterocycles. The fraction of sp³-hybridized carbons (Fsp3) is 0.417. The van der Waals surface area contributed by atoms with Crippen molar-refractivity contribution in [2.45, 2.75) is 24.7 Å². The molecule has 1 aromatic carbocycles. The van der Waals surface area contributed by atoms with Gasteiger partial charge in [0.2, 0.25) is 0 Å². The standard InChI is InChI=1S/C12H12O3/c13-8-2-1-7-3-4-12(9(7)5-8)6-10(12)11(14)15/h1-2,5,10,13H,3-4,6H2,(H,14,15). The second-order valence-corrected chi connectivity index (χ2v) is 4.59. The molecule has 1 saturated carbocycles. The number of hydrogen-bond donors (Lipinski definition) is 2. The van der Waals surface area contributed by atoms with Gasteiger partial charge in [-0.15, -0.1) is 0 Å². The van der Waals surface area contributed by atoms with E-state index in [0.29, 0.717) is 0 Å². The average molecular weight is 204 g/mol. The molecule has 2 aliphatic rings. The number of aryl methyl sites for hydroxylation is 1. The Morgan fingerprint density at radius 1 is 1.47 bits per heavy atom. The average Bonchev–Trinajstić information content (AvgIpc) is 2.81. The van der Waals surface area contributed by atoms with E-state index in [-0.39, 0.29) is 17.1 Å². The Kier molecular flexibility index (Phi) is 1.48. The maximum absolute atomic E-state index is 11.0. The zero-order chi connectivity index (χ0) is 10.6. The van der Waals surface area contributed by atoms with Crippen LogP contribution in [0.3, 0.4) is 0 Å². The lowest BCUT2D eigenvalue weighted by Gasteiger charge is -2.09. The third-order valence-electron chi connectivity index (χ3n) is 3.84. The minimum Gasteiger partial charge on any atom is -0.508 e. The van der Waals surface area contributed by atoms with Crippen molar-refractivity contribution in [2.75, 3.05) is 0 Å². The first kappa shape index (κ1) is 8.77. The number of aliphatic carboxylic acids is 1. The zero-order valence-electron chi connectivity index (χ0n) is 8.23. The Morgan fingerprint density at radius 3 is 2.93 bits per heavy atom. The Bertz CT molecular complexity index is 452. The molecule has 3 rings (SSSR count). The lowest BCUT2D eigenvalue weighted by atomic mass is 9.95. The molecule has 1 fully saturated rings. The molecule has 3 nitrogen and oxygen atoms in total.